The number of benzene rings is 2. The molecule has 1 aliphatic heterocycles. The van der Waals surface area contributed by atoms with Gasteiger partial charge in [0.15, 0.2) is 0 Å². The molecule has 162 valence electrons. The van der Waals surface area contributed by atoms with E-state index in [0.29, 0.717) is 17.3 Å². The number of ether oxygens (including phenoxy) is 1. The first-order valence-corrected chi connectivity index (χ1v) is 10.3. The fourth-order valence-corrected chi connectivity index (χ4v) is 3.95. The molecule has 2 aromatic carbocycles. The Morgan fingerprint density at radius 3 is 2.61 bits per heavy atom. The molecule has 0 radical (unpaired) electrons. The third-order valence-corrected chi connectivity index (χ3v) is 5.52. The summed E-state index contributed by atoms with van der Waals surface area (Å²) in [5.74, 6) is -1.50. The van der Waals surface area contributed by atoms with Crippen molar-refractivity contribution >= 4 is 56.5 Å². The van der Waals surface area contributed by atoms with Crippen molar-refractivity contribution < 1.29 is 32.3 Å². The van der Waals surface area contributed by atoms with Gasteiger partial charge in [0.05, 0.1) is 23.3 Å². The number of anilines is 1. The summed E-state index contributed by atoms with van der Waals surface area (Å²) >= 11 is 3.99. The molecule has 1 saturated heterocycles. The number of carbonyl (C=O) groups is 3. The number of hydrogen-bond acceptors (Lipinski definition) is 5. The van der Waals surface area contributed by atoms with Gasteiger partial charge in [-0.05, 0) is 53.7 Å². The maximum absolute atomic E-state index is 13.0. The molecule has 2 aromatic rings. The van der Waals surface area contributed by atoms with E-state index >= 15 is 0 Å². The van der Waals surface area contributed by atoms with Crippen LogP contribution >= 0.6 is 27.7 Å². The van der Waals surface area contributed by atoms with E-state index in [2.05, 4.69) is 21.2 Å². The summed E-state index contributed by atoms with van der Waals surface area (Å²) in [5.41, 5.74) is -0.524. The van der Waals surface area contributed by atoms with Crippen LogP contribution in [0.2, 0.25) is 0 Å². The van der Waals surface area contributed by atoms with Gasteiger partial charge in [0.25, 0.3) is 11.1 Å². The molecule has 0 unspecified atom stereocenters. The number of thioether (sulfide) groups is 1. The number of imide groups is 1. The summed E-state index contributed by atoms with van der Waals surface area (Å²) < 4.78 is 44.6. The lowest BCUT2D eigenvalue weighted by molar-refractivity contribution is -0.137. The van der Waals surface area contributed by atoms with Crippen LogP contribution in [0.5, 0.6) is 5.75 Å². The van der Waals surface area contributed by atoms with Crippen LogP contribution in [0.4, 0.5) is 23.7 Å². The Morgan fingerprint density at radius 1 is 1.23 bits per heavy atom. The number of rotatable bonds is 5. The number of hydrogen-bond donors (Lipinski definition) is 1. The van der Waals surface area contributed by atoms with Gasteiger partial charge in [-0.1, -0.05) is 28.1 Å². The average molecular weight is 515 g/mol. The minimum Gasteiger partial charge on any atom is -0.495 e. The van der Waals surface area contributed by atoms with Crippen molar-refractivity contribution in [1.29, 1.82) is 0 Å². The van der Waals surface area contributed by atoms with Crippen molar-refractivity contribution in [2.45, 2.75) is 6.18 Å². The lowest BCUT2D eigenvalue weighted by Crippen LogP contribution is -2.36. The second-order valence-electron chi connectivity index (χ2n) is 6.28. The summed E-state index contributed by atoms with van der Waals surface area (Å²) in [7, 11) is 1.24. The molecule has 0 aliphatic carbocycles. The third-order valence-electron chi connectivity index (χ3n) is 4.12. The van der Waals surface area contributed by atoms with Crippen LogP contribution < -0.4 is 10.1 Å². The highest BCUT2D eigenvalue weighted by molar-refractivity contribution is 9.10. The molecule has 0 atom stereocenters. The van der Waals surface area contributed by atoms with Crippen molar-refractivity contribution in [2.75, 3.05) is 19.0 Å². The molecule has 1 N–H and O–H groups in total. The molecule has 0 bridgehead atoms. The number of halogens is 4. The standard InChI is InChI=1S/C20H14BrF3N2O4S/c1-30-15-6-5-12(20(22,23)24)9-14(15)25-17(27)10-26-18(28)16(31-19(26)29)8-11-3-2-4-13(21)7-11/h2-9H,10H2,1H3,(H,25,27)/b16-8-. The first kappa shape index (κ1) is 22.9. The fraction of sp³-hybridized carbons (Fsp3) is 0.150. The monoisotopic (exact) mass is 514 g/mol. The van der Waals surface area contributed by atoms with Crippen molar-refractivity contribution in [2.24, 2.45) is 0 Å². The number of amides is 3. The fourth-order valence-electron chi connectivity index (χ4n) is 2.70. The predicted molar refractivity (Wildman–Crippen MR) is 113 cm³/mol. The highest BCUT2D eigenvalue weighted by atomic mass is 79.9. The van der Waals surface area contributed by atoms with Crippen molar-refractivity contribution in [3.8, 4) is 5.75 Å². The lowest BCUT2D eigenvalue weighted by atomic mass is 10.1. The smallest absolute Gasteiger partial charge is 0.416 e. The van der Waals surface area contributed by atoms with Gasteiger partial charge in [-0.25, -0.2) is 0 Å². The maximum Gasteiger partial charge on any atom is 0.416 e. The summed E-state index contributed by atoms with van der Waals surface area (Å²) in [6.07, 6.45) is -3.10. The highest BCUT2D eigenvalue weighted by Crippen LogP contribution is 2.35. The third kappa shape index (κ3) is 5.47. The van der Waals surface area contributed by atoms with E-state index in [1.807, 2.05) is 0 Å². The normalized spacial score (nSPS) is 15.5. The molecule has 31 heavy (non-hydrogen) atoms. The molecule has 3 rings (SSSR count). The number of methoxy groups -OCH3 is 1. The Bertz CT molecular complexity index is 1090. The molecule has 6 nitrogen and oxygen atoms in total. The predicted octanol–water partition coefficient (Wildman–Crippen LogP) is 5.15. The molecule has 1 heterocycles. The van der Waals surface area contributed by atoms with Gasteiger partial charge in [0.2, 0.25) is 5.91 Å². The molecular weight excluding hydrogens is 501 g/mol. The van der Waals surface area contributed by atoms with Gasteiger partial charge in [-0.3, -0.25) is 19.3 Å². The zero-order valence-electron chi connectivity index (χ0n) is 15.8. The summed E-state index contributed by atoms with van der Waals surface area (Å²) in [6, 6.07) is 9.66. The van der Waals surface area contributed by atoms with Crippen molar-refractivity contribution in [3.63, 3.8) is 0 Å². The van der Waals surface area contributed by atoms with E-state index < -0.39 is 35.3 Å². The molecular formula is C20H14BrF3N2O4S. The van der Waals surface area contributed by atoms with Crippen molar-refractivity contribution in [1.82, 2.24) is 4.90 Å². The Hall–Kier alpha value is -2.79. The first-order valence-electron chi connectivity index (χ1n) is 8.64. The first-order chi connectivity index (χ1) is 14.6. The van der Waals surface area contributed by atoms with Crippen LogP contribution in [0.25, 0.3) is 6.08 Å². The van der Waals surface area contributed by atoms with Gasteiger partial charge in [-0.15, -0.1) is 0 Å². The number of alkyl halides is 3. The van der Waals surface area contributed by atoms with E-state index in [-0.39, 0.29) is 16.3 Å². The van der Waals surface area contributed by atoms with E-state index in [1.165, 1.54) is 13.2 Å². The van der Waals surface area contributed by atoms with E-state index in [1.54, 1.807) is 24.3 Å². The Labute approximate surface area is 187 Å². The molecule has 1 aliphatic rings. The Kier molecular flexibility index (Phi) is 6.75. The topological polar surface area (TPSA) is 75.7 Å². The van der Waals surface area contributed by atoms with Crippen LogP contribution in [0.1, 0.15) is 11.1 Å². The van der Waals surface area contributed by atoms with E-state index in [0.717, 1.165) is 27.6 Å². The summed E-state index contributed by atoms with van der Waals surface area (Å²) in [6.45, 7) is -0.653. The van der Waals surface area contributed by atoms with Gasteiger partial charge in [-0.2, -0.15) is 13.2 Å². The highest BCUT2D eigenvalue weighted by Gasteiger charge is 2.36. The maximum atomic E-state index is 13.0. The van der Waals surface area contributed by atoms with Crippen molar-refractivity contribution in [3.05, 3.63) is 63.0 Å². The van der Waals surface area contributed by atoms with Gasteiger partial charge >= 0.3 is 6.18 Å². The Balaban J connectivity index is 1.75. The second-order valence-corrected chi connectivity index (χ2v) is 8.19. The SMILES string of the molecule is COc1ccc(C(F)(F)F)cc1NC(=O)CN1C(=O)S/C(=C\c2cccc(Br)c2)C1=O. The molecule has 11 heteroatoms. The van der Waals surface area contributed by atoms with Crippen LogP contribution in [-0.4, -0.2) is 35.6 Å². The largest absolute Gasteiger partial charge is 0.495 e. The van der Waals surface area contributed by atoms with Gasteiger partial charge < -0.3 is 10.1 Å². The summed E-state index contributed by atoms with van der Waals surface area (Å²) in [4.78, 5) is 38.0. The number of nitrogens with zero attached hydrogens (tertiary/aromatic N) is 1. The molecule has 0 saturated carbocycles. The molecule has 3 amide bonds. The minimum absolute atomic E-state index is 0.00467. The number of carbonyl (C=O) groups excluding carboxylic acids is 3. The van der Waals surface area contributed by atoms with E-state index in [4.69, 9.17) is 4.74 Å². The zero-order chi connectivity index (χ0) is 22.8. The molecule has 0 aromatic heterocycles. The average Bonchev–Trinajstić information content (AvgIpc) is 2.94. The minimum atomic E-state index is -4.62. The zero-order valence-corrected chi connectivity index (χ0v) is 18.2. The van der Waals surface area contributed by atoms with Crippen LogP contribution in [0.3, 0.4) is 0 Å². The quantitative estimate of drug-likeness (QED) is 0.558. The summed E-state index contributed by atoms with van der Waals surface area (Å²) in [5, 5.41) is 1.61. The van der Waals surface area contributed by atoms with Crippen LogP contribution in [0.15, 0.2) is 51.8 Å². The number of nitrogens with one attached hydrogen (secondary N) is 1. The van der Waals surface area contributed by atoms with Crippen LogP contribution in [0, 0.1) is 0 Å². The lowest BCUT2D eigenvalue weighted by Gasteiger charge is -2.16. The second kappa shape index (κ2) is 9.15. The van der Waals surface area contributed by atoms with Crippen LogP contribution in [-0.2, 0) is 15.8 Å². The molecule has 0 spiro atoms. The van der Waals surface area contributed by atoms with Gasteiger partial charge in [0, 0.05) is 4.47 Å². The van der Waals surface area contributed by atoms with E-state index in [9.17, 15) is 27.6 Å². The van der Waals surface area contributed by atoms with Gasteiger partial charge in [0.1, 0.15) is 12.3 Å². The Morgan fingerprint density at radius 2 is 1.97 bits per heavy atom. The molecule has 1 fully saturated rings.